The molecule has 0 spiro atoms. The average molecular weight is 222 g/mol. The number of aliphatic hydroxyl groups excluding tert-OH is 1. The van der Waals surface area contributed by atoms with Crippen molar-refractivity contribution in [2.24, 2.45) is 0 Å². The van der Waals surface area contributed by atoms with Crippen molar-refractivity contribution >= 4 is 5.90 Å². The highest BCUT2D eigenvalue weighted by Gasteiger charge is 2.25. The van der Waals surface area contributed by atoms with Gasteiger partial charge >= 0.3 is 5.90 Å². The predicted molar refractivity (Wildman–Crippen MR) is 69.0 cm³/mol. The summed E-state index contributed by atoms with van der Waals surface area (Å²) < 4.78 is 2.07. The molecule has 16 heavy (non-hydrogen) atoms. The molecule has 0 saturated carbocycles. The van der Waals surface area contributed by atoms with Crippen LogP contribution < -0.4 is 0 Å². The zero-order valence-electron chi connectivity index (χ0n) is 11.0. The van der Waals surface area contributed by atoms with Crippen molar-refractivity contribution < 1.29 is 9.68 Å². The molecular weight excluding hydrogens is 198 g/mol. The number of hydrogen-bond acceptors (Lipinski definition) is 0. The Kier molecular flexibility index (Phi) is 4.78. The number of nitrogens with zero attached hydrogens (tertiary/aromatic N) is 1. The summed E-state index contributed by atoms with van der Waals surface area (Å²) in [5.41, 5.74) is 3.92. The standard InChI is InChI=1S/C14H23NO/c1-5-11(3)10-13(12(4)6-2)15-9-7-8-14(15)16/h10H,5-9H2,1-4H3/p+1/b11-10+,13-12-. The lowest BCUT2D eigenvalue weighted by atomic mass is 10.1. The van der Waals surface area contributed by atoms with Crippen LogP contribution in [0.2, 0.25) is 0 Å². The van der Waals surface area contributed by atoms with Gasteiger partial charge in [-0.1, -0.05) is 19.4 Å². The Morgan fingerprint density at radius 2 is 2.00 bits per heavy atom. The topological polar surface area (TPSA) is 23.2 Å². The van der Waals surface area contributed by atoms with Gasteiger partial charge in [0, 0.05) is 12.5 Å². The van der Waals surface area contributed by atoms with E-state index in [9.17, 15) is 5.11 Å². The first-order valence-corrected chi connectivity index (χ1v) is 6.29. The third kappa shape index (κ3) is 2.97. The molecule has 1 aliphatic rings. The van der Waals surface area contributed by atoms with E-state index in [0.717, 1.165) is 32.2 Å². The quantitative estimate of drug-likeness (QED) is 0.567. The summed E-state index contributed by atoms with van der Waals surface area (Å²) in [6.45, 7) is 9.58. The molecular formula is C14H24NO+. The van der Waals surface area contributed by atoms with Crippen LogP contribution in [-0.4, -0.2) is 22.1 Å². The molecule has 0 aromatic carbocycles. The van der Waals surface area contributed by atoms with E-state index in [1.54, 1.807) is 0 Å². The molecule has 1 heterocycles. The molecule has 2 nitrogen and oxygen atoms in total. The molecule has 0 bridgehead atoms. The third-order valence-electron chi connectivity index (χ3n) is 3.29. The van der Waals surface area contributed by atoms with Gasteiger partial charge in [0.2, 0.25) is 5.70 Å². The maximum Gasteiger partial charge on any atom is 0.339 e. The first-order chi connectivity index (χ1) is 7.60. The van der Waals surface area contributed by atoms with E-state index < -0.39 is 0 Å². The Hall–Kier alpha value is -1.05. The second kappa shape index (κ2) is 5.88. The van der Waals surface area contributed by atoms with E-state index in [4.69, 9.17) is 0 Å². The average Bonchev–Trinajstić information content (AvgIpc) is 2.70. The van der Waals surface area contributed by atoms with Gasteiger partial charge < -0.3 is 5.11 Å². The van der Waals surface area contributed by atoms with Crippen molar-refractivity contribution in [3.63, 3.8) is 0 Å². The van der Waals surface area contributed by atoms with Gasteiger partial charge in [-0.3, -0.25) is 0 Å². The van der Waals surface area contributed by atoms with Crippen molar-refractivity contribution in [3.05, 3.63) is 22.9 Å². The summed E-state index contributed by atoms with van der Waals surface area (Å²) >= 11 is 0. The molecule has 2 heteroatoms. The highest BCUT2D eigenvalue weighted by atomic mass is 16.3. The van der Waals surface area contributed by atoms with Crippen molar-refractivity contribution in [1.29, 1.82) is 0 Å². The molecule has 90 valence electrons. The van der Waals surface area contributed by atoms with Gasteiger partial charge in [0.05, 0.1) is 6.42 Å². The Labute approximate surface area is 99.0 Å². The van der Waals surface area contributed by atoms with Gasteiger partial charge in [-0.05, 0) is 32.3 Å². The molecule has 0 aromatic heterocycles. The minimum absolute atomic E-state index is 0.531. The van der Waals surface area contributed by atoms with Crippen LogP contribution >= 0.6 is 0 Å². The van der Waals surface area contributed by atoms with E-state index in [0.29, 0.717) is 5.90 Å². The van der Waals surface area contributed by atoms with Crippen LogP contribution in [0, 0.1) is 0 Å². The molecule has 1 aliphatic heterocycles. The predicted octanol–water partition coefficient (Wildman–Crippen LogP) is 3.79. The van der Waals surface area contributed by atoms with Crippen LogP contribution in [0.3, 0.4) is 0 Å². The normalized spacial score (nSPS) is 19.1. The van der Waals surface area contributed by atoms with Crippen LogP contribution in [0.5, 0.6) is 0 Å². The summed E-state index contributed by atoms with van der Waals surface area (Å²) in [5.74, 6) is 0.531. The van der Waals surface area contributed by atoms with E-state index in [1.807, 2.05) is 0 Å². The number of hydrogen-bond donors (Lipinski definition) is 1. The summed E-state index contributed by atoms with van der Waals surface area (Å²) in [6.07, 6.45) is 6.20. The fourth-order valence-corrected chi connectivity index (χ4v) is 1.87. The van der Waals surface area contributed by atoms with Crippen molar-refractivity contribution in [1.82, 2.24) is 0 Å². The Morgan fingerprint density at radius 1 is 1.31 bits per heavy atom. The third-order valence-corrected chi connectivity index (χ3v) is 3.29. The highest BCUT2D eigenvalue weighted by Crippen LogP contribution is 2.18. The highest BCUT2D eigenvalue weighted by molar-refractivity contribution is 5.70. The van der Waals surface area contributed by atoms with Gasteiger partial charge in [-0.25, -0.2) is 0 Å². The molecule has 0 radical (unpaired) electrons. The smallest absolute Gasteiger partial charge is 0.339 e. The van der Waals surface area contributed by atoms with E-state index >= 15 is 0 Å². The lowest BCUT2D eigenvalue weighted by Gasteiger charge is -2.05. The summed E-state index contributed by atoms with van der Waals surface area (Å²) in [4.78, 5) is 0. The molecule has 1 N–H and O–H groups in total. The zero-order valence-corrected chi connectivity index (χ0v) is 11.0. The first kappa shape index (κ1) is 13.0. The fraction of sp³-hybridized carbons (Fsp3) is 0.643. The minimum Gasteiger partial charge on any atom is -0.463 e. The van der Waals surface area contributed by atoms with Crippen LogP contribution in [0.4, 0.5) is 0 Å². The zero-order chi connectivity index (χ0) is 12.1. The Balaban J connectivity index is 3.12. The summed E-state index contributed by atoms with van der Waals surface area (Å²) in [6, 6.07) is 0. The lowest BCUT2D eigenvalue weighted by Crippen LogP contribution is -2.15. The van der Waals surface area contributed by atoms with Crippen molar-refractivity contribution in [2.45, 2.75) is 53.4 Å². The van der Waals surface area contributed by atoms with Gasteiger partial charge in [-0.2, -0.15) is 4.58 Å². The fourth-order valence-electron chi connectivity index (χ4n) is 1.87. The lowest BCUT2D eigenvalue weighted by molar-refractivity contribution is -0.472. The molecule has 0 fully saturated rings. The second-order valence-corrected chi connectivity index (χ2v) is 4.53. The van der Waals surface area contributed by atoms with Crippen LogP contribution in [0.15, 0.2) is 22.9 Å². The maximum absolute atomic E-state index is 9.87. The minimum atomic E-state index is 0.531. The molecule has 0 aromatic rings. The molecule has 0 amide bonds. The SMILES string of the molecule is CC/C(C)=C(/C=C(\C)CC)[N+]1=C(O)CCC1. The summed E-state index contributed by atoms with van der Waals surface area (Å²) in [5, 5.41) is 9.87. The van der Waals surface area contributed by atoms with E-state index in [-0.39, 0.29) is 0 Å². The van der Waals surface area contributed by atoms with Crippen LogP contribution in [0.1, 0.15) is 53.4 Å². The van der Waals surface area contributed by atoms with Crippen molar-refractivity contribution in [3.8, 4) is 0 Å². The second-order valence-electron chi connectivity index (χ2n) is 4.53. The van der Waals surface area contributed by atoms with Crippen LogP contribution in [0.25, 0.3) is 0 Å². The Bertz CT molecular complexity index is 348. The molecule has 1 rings (SSSR count). The first-order valence-electron chi connectivity index (χ1n) is 6.29. The largest absolute Gasteiger partial charge is 0.463 e. The van der Waals surface area contributed by atoms with Gasteiger partial charge in [0.25, 0.3) is 0 Å². The number of allylic oxidation sites excluding steroid dienone is 3. The van der Waals surface area contributed by atoms with Gasteiger partial charge in [0.1, 0.15) is 0 Å². The molecule has 0 atom stereocenters. The molecule has 0 aliphatic carbocycles. The van der Waals surface area contributed by atoms with E-state index in [2.05, 4.69) is 38.3 Å². The molecule has 0 unspecified atom stereocenters. The van der Waals surface area contributed by atoms with E-state index in [1.165, 1.54) is 16.8 Å². The van der Waals surface area contributed by atoms with Crippen molar-refractivity contribution in [2.75, 3.05) is 6.54 Å². The monoisotopic (exact) mass is 222 g/mol. The number of aliphatic hydroxyl groups is 1. The number of rotatable bonds is 4. The Morgan fingerprint density at radius 3 is 2.44 bits per heavy atom. The summed E-state index contributed by atoms with van der Waals surface area (Å²) in [7, 11) is 0. The van der Waals surface area contributed by atoms with Gasteiger partial charge in [0.15, 0.2) is 6.54 Å². The van der Waals surface area contributed by atoms with Crippen LogP contribution in [-0.2, 0) is 0 Å². The van der Waals surface area contributed by atoms with Gasteiger partial charge in [-0.15, -0.1) is 0 Å². The molecule has 0 saturated heterocycles. The maximum atomic E-state index is 9.87.